The molecule has 1 heterocycles. The lowest BCUT2D eigenvalue weighted by molar-refractivity contribution is 0.312. The van der Waals surface area contributed by atoms with Crippen LogP contribution in [0.25, 0.3) is 0 Å². The maximum Gasteiger partial charge on any atom is 0.0159 e. The Labute approximate surface area is 92.9 Å². The summed E-state index contributed by atoms with van der Waals surface area (Å²) in [5.74, 6) is 0. The Balaban J connectivity index is 2.23. The molecule has 0 saturated carbocycles. The molecule has 13 heavy (non-hydrogen) atoms. The summed E-state index contributed by atoms with van der Waals surface area (Å²) in [7, 11) is 0. The van der Waals surface area contributed by atoms with E-state index in [1.807, 2.05) is 11.3 Å². The monoisotopic (exact) mass is 261 g/mol. The Morgan fingerprint density at radius 1 is 1.46 bits per heavy atom. The van der Waals surface area contributed by atoms with Crippen LogP contribution < -0.4 is 0 Å². The largest absolute Gasteiger partial charge is 0.302 e. The van der Waals surface area contributed by atoms with Gasteiger partial charge in [-0.05, 0) is 24.4 Å². The molecule has 0 amide bonds. The first-order valence-electron chi connectivity index (χ1n) is 4.67. The van der Waals surface area contributed by atoms with Crippen LogP contribution in [0, 0.1) is 0 Å². The van der Waals surface area contributed by atoms with Crippen LogP contribution in [0.2, 0.25) is 0 Å². The molecular formula is C10H16BrNS. The Bertz CT molecular complexity index is 211. The molecule has 0 fully saturated rings. The second-order valence-corrected chi connectivity index (χ2v) is 4.78. The number of likely N-dealkylation sites (N-methyl/N-ethyl adjacent to an activating group) is 1. The van der Waals surface area contributed by atoms with Crippen molar-refractivity contribution in [2.75, 3.05) is 25.0 Å². The SMILES string of the molecule is CCN(CCBr)CCc1cccs1. The molecule has 0 aliphatic rings. The predicted octanol–water partition coefficient (Wildman–Crippen LogP) is 3.01. The van der Waals surface area contributed by atoms with E-state index >= 15 is 0 Å². The second-order valence-electron chi connectivity index (χ2n) is 2.95. The molecule has 0 unspecified atom stereocenters. The highest BCUT2D eigenvalue weighted by molar-refractivity contribution is 9.09. The highest BCUT2D eigenvalue weighted by Gasteiger charge is 2.01. The first kappa shape index (κ1) is 11.2. The van der Waals surface area contributed by atoms with E-state index in [0.29, 0.717) is 0 Å². The minimum Gasteiger partial charge on any atom is -0.302 e. The molecule has 1 aromatic heterocycles. The van der Waals surface area contributed by atoms with Crippen LogP contribution in [0.5, 0.6) is 0 Å². The number of rotatable bonds is 6. The average Bonchev–Trinajstić information content (AvgIpc) is 2.64. The summed E-state index contributed by atoms with van der Waals surface area (Å²) in [5, 5.41) is 3.22. The number of alkyl halides is 1. The van der Waals surface area contributed by atoms with Crippen LogP contribution in [0.15, 0.2) is 17.5 Å². The number of halogens is 1. The van der Waals surface area contributed by atoms with Gasteiger partial charge in [0.1, 0.15) is 0 Å². The standard InChI is InChI=1S/C10H16BrNS/c1-2-12(8-6-11)7-5-10-4-3-9-13-10/h3-4,9H,2,5-8H2,1H3. The van der Waals surface area contributed by atoms with E-state index in [1.54, 1.807) is 0 Å². The first-order chi connectivity index (χ1) is 6.36. The third-order valence-electron chi connectivity index (χ3n) is 2.10. The van der Waals surface area contributed by atoms with Crippen LogP contribution in [-0.4, -0.2) is 29.9 Å². The van der Waals surface area contributed by atoms with Crippen molar-refractivity contribution in [3.63, 3.8) is 0 Å². The normalized spacial score (nSPS) is 11.0. The van der Waals surface area contributed by atoms with Crippen molar-refractivity contribution in [1.29, 1.82) is 0 Å². The molecule has 0 bridgehead atoms. The van der Waals surface area contributed by atoms with E-state index in [-0.39, 0.29) is 0 Å². The van der Waals surface area contributed by atoms with Gasteiger partial charge >= 0.3 is 0 Å². The van der Waals surface area contributed by atoms with Crippen molar-refractivity contribution in [2.24, 2.45) is 0 Å². The van der Waals surface area contributed by atoms with E-state index in [2.05, 4.69) is 45.3 Å². The first-order valence-corrected chi connectivity index (χ1v) is 6.67. The maximum absolute atomic E-state index is 3.47. The molecule has 3 heteroatoms. The molecule has 0 spiro atoms. The molecule has 74 valence electrons. The molecule has 0 aromatic carbocycles. The van der Waals surface area contributed by atoms with Crippen molar-refractivity contribution < 1.29 is 0 Å². The third kappa shape index (κ3) is 4.25. The summed E-state index contributed by atoms with van der Waals surface area (Å²) in [6.07, 6.45) is 1.19. The average molecular weight is 262 g/mol. The van der Waals surface area contributed by atoms with Crippen LogP contribution in [0.1, 0.15) is 11.8 Å². The third-order valence-corrected chi connectivity index (χ3v) is 3.39. The summed E-state index contributed by atoms with van der Waals surface area (Å²) in [6.45, 7) is 5.71. The van der Waals surface area contributed by atoms with E-state index in [0.717, 1.165) is 18.4 Å². The van der Waals surface area contributed by atoms with Crippen molar-refractivity contribution in [2.45, 2.75) is 13.3 Å². The fraction of sp³-hybridized carbons (Fsp3) is 0.600. The van der Waals surface area contributed by atoms with Crippen molar-refractivity contribution in [3.8, 4) is 0 Å². The van der Waals surface area contributed by atoms with Crippen molar-refractivity contribution in [1.82, 2.24) is 4.90 Å². The summed E-state index contributed by atoms with van der Waals surface area (Å²) in [5.41, 5.74) is 0. The molecule has 1 rings (SSSR count). The van der Waals surface area contributed by atoms with Crippen LogP contribution in [0.4, 0.5) is 0 Å². The van der Waals surface area contributed by atoms with Gasteiger partial charge in [-0.3, -0.25) is 0 Å². The smallest absolute Gasteiger partial charge is 0.0159 e. The summed E-state index contributed by atoms with van der Waals surface area (Å²) < 4.78 is 0. The van der Waals surface area contributed by atoms with Crippen molar-refractivity contribution >= 4 is 27.3 Å². The van der Waals surface area contributed by atoms with Gasteiger partial charge in [-0.15, -0.1) is 11.3 Å². The topological polar surface area (TPSA) is 3.24 Å². The highest BCUT2D eigenvalue weighted by atomic mass is 79.9. The summed E-state index contributed by atoms with van der Waals surface area (Å²) >= 11 is 5.33. The maximum atomic E-state index is 3.47. The molecular weight excluding hydrogens is 246 g/mol. The van der Waals surface area contributed by atoms with E-state index < -0.39 is 0 Å². The van der Waals surface area contributed by atoms with Gasteiger partial charge in [0, 0.05) is 23.3 Å². The van der Waals surface area contributed by atoms with Gasteiger partial charge < -0.3 is 4.90 Å². The summed E-state index contributed by atoms with van der Waals surface area (Å²) in [6, 6.07) is 4.34. The van der Waals surface area contributed by atoms with Gasteiger partial charge in [-0.2, -0.15) is 0 Å². The Kier molecular flexibility index (Phi) is 5.67. The lowest BCUT2D eigenvalue weighted by Crippen LogP contribution is -2.27. The minimum absolute atomic E-state index is 1.07. The molecule has 0 saturated heterocycles. The molecule has 0 atom stereocenters. The van der Waals surface area contributed by atoms with Gasteiger partial charge in [-0.1, -0.05) is 28.9 Å². The van der Waals surface area contributed by atoms with E-state index in [9.17, 15) is 0 Å². The van der Waals surface area contributed by atoms with Gasteiger partial charge in [-0.25, -0.2) is 0 Å². The van der Waals surface area contributed by atoms with E-state index in [4.69, 9.17) is 0 Å². The molecule has 0 N–H and O–H groups in total. The lowest BCUT2D eigenvalue weighted by Gasteiger charge is -2.18. The number of thiophene rings is 1. The highest BCUT2D eigenvalue weighted by Crippen LogP contribution is 2.09. The Morgan fingerprint density at radius 2 is 2.31 bits per heavy atom. The molecule has 1 aromatic rings. The van der Waals surface area contributed by atoms with Crippen LogP contribution >= 0.6 is 27.3 Å². The molecule has 0 aliphatic heterocycles. The molecule has 0 radical (unpaired) electrons. The zero-order chi connectivity index (χ0) is 9.52. The van der Waals surface area contributed by atoms with Crippen LogP contribution in [0.3, 0.4) is 0 Å². The summed E-state index contributed by atoms with van der Waals surface area (Å²) in [4.78, 5) is 3.96. The quantitative estimate of drug-likeness (QED) is 0.712. The number of nitrogens with zero attached hydrogens (tertiary/aromatic N) is 1. The van der Waals surface area contributed by atoms with Crippen molar-refractivity contribution in [3.05, 3.63) is 22.4 Å². The van der Waals surface area contributed by atoms with E-state index in [1.165, 1.54) is 17.8 Å². The number of hydrogen-bond donors (Lipinski definition) is 0. The molecule has 0 aliphatic carbocycles. The van der Waals surface area contributed by atoms with Gasteiger partial charge in [0.25, 0.3) is 0 Å². The predicted molar refractivity (Wildman–Crippen MR) is 63.9 cm³/mol. The minimum atomic E-state index is 1.07. The fourth-order valence-electron chi connectivity index (χ4n) is 1.27. The van der Waals surface area contributed by atoms with Gasteiger partial charge in [0.05, 0.1) is 0 Å². The molecule has 1 nitrogen and oxygen atoms in total. The Hall–Kier alpha value is 0.140. The lowest BCUT2D eigenvalue weighted by atomic mass is 10.3. The Morgan fingerprint density at radius 3 is 2.85 bits per heavy atom. The zero-order valence-electron chi connectivity index (χ0n) is 8.00. The van der Waals surface area contributed by atoms with Crippen LogP contribution in [-0.2, 0) is 6.42 Å². The zero-order valence-corrected chi connectivity index (χ0v) is 10.4. The number of hydrogen-bond acceptors (Lipinski definition) is 2. The van der Waals surface area contributed by atoms with Gasteiger partial charge in [0.2, 0.25) is 0 Å². The fourth-order valence-corrected chi connectivity index (χ4v) is 2.47. The second kappa shape index (κ2) is 6.57. The van der Waals surface area contributed by atoms with Gasteiger partial charge in [0.15, 0.2) is 0 Å².